The van der Waals surface area contributed by atoms with Crippen molar-refractivity contribution < 1.29 is 8.42 Å². The quantitative estimate of drug-likeness (QED) is 0.692. The third-order valence-corrected chi connectivity index (χ3v) is 6.48. The second kappa shape index (κ2) is 5.78. The van der Waals surface area contributed by atoms with E-state index in [0.717, 1.165) is 15.8 Å². The van der Waals surface area contributed by atoms with Crippen molar-refractivity contribution in [2.24, 2.45) is 11.4 Å². The molecule has 0 spiro atoms. The lowest BCUT2D eigenvalue weighted by molar-refractivity contribution is 0.596. The Bertz CT molecular complexity index is 1060. The van der Waals surface area contributed by atoms with Gasteiger partial charge in [-0.25, -0.2) is 0 Å². The van der Waals surface area contributed by atoms with Crippen molar-refractivity contribution in [3.8, 4) is 0 Å². The minimum absolute atomic E-state index is 0.131. The minimum Gasteiger partial charge on any atom is -0.319 e. The van der Waals surface area contributed by atoms with E-state index in [2.05, 4.69) is 16.5 Å². The molecule has 7 heteroatoms. The monoisotopic (exact) mass is 366 g/mol. The maximum Gasteiger partial charge on any atom is 0.285 e. The number of halogens is 1. The van der Waals surface area contributed by atoms with Crippen LogP contribution in [0.2, 0.25) is 5.02 Å². The van der Waals surface area contributed by atoms with Gasteiger partial charge in [0.15, 0.2) is 0 Å². The van der Waals surface area contributed by atoms with E-state index < -0.39 is 10.0 Å². The first-order chi connectivity index (χ1) is 10.8. The molecule has 0 unspecified atom stereocenters. The van der Waals surface area contributed by atoms with Crippen LogP contribution >= 0.6 is 22.9 Å². The number of nitrogens with zero attached hydrogens (tertiary/aromatic N) is 2. The van der Waals surface area contributed by atoms with Gasteiger partial charge in [0.25, 0.3) is 10.0 Å². The minimum atomic E-state index is -3.76. The highest BCUT2D eigenvalue weighted by molar-refractivity contribution is 7.90. The molecule has 120 valence electrons. The molecule has 0 radical (unpaired) electrons. The predicted molar refractivity (Wildman–Crippen MR) is 94.5 cm³/mol. The Labute approximate surface area is 143 Å². The van der Waals surface area contributed by atoms with Crippen molar-refractivity contribution in [1.82, 2.24) is 4.57 Å². The van der Waals surface area contributed by atoms with Crippen molar-refractivity contribution in [2.75, 3.05) is 0 Å². The molecule has 4 nitrogen and oxygen atoms in total. The summed E-state index contributed by atoms with van der Waals surface area (Å²) in [6.07, 6.45) is 0. The van der Waals surface area contributed by atoms with Crippen molar-refractivity contribution in [3.63, 3.8) is 0 Å². The Morgan fingerprint density at radius 1 is 1.09 bits per heavy atom. The molecule has 0 aliphatic carbocycles. The number of benzene rings is 2. The van der Waals surface area contributed by atoms with E-state index in [0.29, 0.717) is 9.82 Å². The summed E-state index contributed by atoms with van der Waals surface area (Å²) in [5.74, 6) is 0. The maximum atomic E-state index is 12.5. The summed E-state index contributed by atoms with van der Waals surface area (Å²) in [4.78, 5) is 0.576. The first kappa shape index (κ1) is 16.2. The molecular formula is C16H15ClN2O2S2. The van der Waals surface area contributed by atoms with Crippen molar-refractivity contribution >= 4 is 43.2 Å². The molecular weight excluding hydrogens is 352 g/mol. The molecule has 0 atom stereocenters. The standard InChI is InChI=1S/C16H15ClN2O2S2/c1-10-8-14-15(9-11(10)2)22-16(19(14)3)18-23(20,21)13-6-4-12(17)5-7-13/h4-9H,1-3H3/b18-16-. The zero-order valence-electron chi connectivity index (χ0n) is 12.9. The molecule has 3 rings (SSSR count). The van der Waals surface area contributed by atoms with Gasteiger partial charge in [-0.05, 0) is 61.4 Å². The lowest BCUT2D eigenvalue weighted by atomic mass is 10.1. The first-order valence-corrected chi connectivity index (χ1v) is 9.55. The second-order valence-electron chi connectivity index (χ2n) is 5.37. The van der Waals surface area contributed by atoms with E-state index in [9.17, 15) is 8.42 Å². The topological polar surface area (TPSA) is 51.4 Å². The van der Waals surface area contributed by atoms with Crippen LogP contribution in [0.5, 0.6) is 0 Å². The normalized spacial score (nSPS) is 13.0. The molecule has 2 aromatic carbocycles. The highest BCUT2D eigenvalue weighted by Gasteiger charge is 2.14. The van der Waals surface area contributed by atoms with Gasteiger partial charge in [0.2, 0.25) is 4.80 Å². The summed E-state index contributed by atoms with van der Waals surface area (Å²) < 4.78 is 31.7. The van der Waals surface area contributed by atoms with E-state index in [4.69, 9.17) is 11.6 Å². The zero-order valence-corrected chi connectivity index (χ0v) is 15.3. The Morgan fingerprint density at radius 3 is 2.35 bits per heavy atom. The fourth-order valence-corrected chi connectivity index (χ4v) is 4.68. The first-order valence-electron chi connectivity index (χ1n) is 6.91. The van der Waals surface area contributed by atoms with Crippen LogP contribution in [-0.2, 0) is 17.1 Å². The van der Waals surface area contributed by atoms with E-state index >= 15 is 0 Å². The molecule has 1 aromatic heterocycles. The summed E-state index contributed by atoms with van der Waals surface area (Å²) in [7, 11) is -1.94. The van der Waals surface area contributed by atoms with Gasteiger partial charge in [0.05, 0.1) is 15.1 Å². The fourth-order valence-electron chi connectivity index (χ4n) is 2.23. The lowest BCUT2D eigenvalue weighted by Crippen LogP contribution is -2.13. The van der Waals surface area contributed by atoms with Gasteiger partial charge < -0.3 is 4.57 Å². The zero-order chi connectivity index (χ0) is 16.8. The van der Waals surface area contributed by atoms with Gasteiger partial charge in [-0.2, -0.15) is 8.42 Å². The number of aromatic nitrogens is 1. The van der Waals surface area contributed by atoms with Crippen LogP contribution in [0.15, 0.2) is 45.7 Å². The Kier molecular flexibility index (Phi) is 4.08. The summed E-state index contributed by atoms with van der Waals surface area (Å²) in [5, 5.41) is 0.488. The van der Waals surface area contributed by atoms with Gasteiger partial charge >= 0.3 is 0 Å². The highest BCUT2D eigenvalue weighted by atomic mass is 35.5. The molecule has 0 bridgehead atoms. The van der Waals surface area contributed by atoms with Crippen molar-refractivity contribution in [2.45, 2.75) is 18.7 Å². The summed E-state index contributed by atoms with van der Waals surface area (Å²) >= 11 is 7.17. The van der Waals surface area contributed by atoms with Gasteiger partial charge in [0.1, 0.15) is 0 Å². The molecule has 0 saturated carbocycles. The van der Waals surface area contributed by atoms with Gasteiger partial charge in [-0.15, -0.1) is 4.40 Å². The van der Waals surface area contributed by atoms with Gasteiger partial charge in [-0.1, -0.05) is 22.9 Å². The SMILES string of the molecule is Cc1cc2s/c(=N\S(=O)(=O)c3ccc(Cl)cc3)n(C)c2cc1C. The van der Waals surface area contributed by atoms with Crippen LogP contribution < -0.4 is 4.80 Å². The number of rotatable bonds is 2. The molecule has 0 saturated heterocycles. The van der Waals surface area contributed by atoms with E-state index in [1.54, 1.807) is 16.7 Å². The molecule has 0 N–H and O–H groups in total. The van der Waals surface area contributed by atoms with Crippen LogP contribution in [0.3, 0.4) is 0 Å². The molecule has 1 heterocycles. The van der Waals surface area contributed by atoms with Crippen molar-refractivity contribution in [1.29, 1.82) is 0 Å². The molecule has 0 aliphatic heterocycles. The van der Waals surface area contributed by atoms with E-state index in [1.807, 2.05) is 20.9 Å². The Morgan fingerprint density at radius 2 is 1.70 bits per heavy atom. The average Bonchev–Trinajstić information content (AvgIpc) is 2.76. The number of hydrogen-bond acceptors (Lipinski definition) is 3. The third-order valence-electron chi connectivity index (χ3n) is 3.73. The van der Waals surface area contributed by atoms with Crippen LogP contribution in [0.4, 0.5) is 0 Å². The summed E-state index contributed by atoms with van der Waals surface area (Å²) in [5.41, 5.74) is 3.31. The molecule has 3 aromatic rings. The van der Waals surface area contributed by atoms with E-state index in [1.165, 1.54) is 29.0 Å². The number of thiazole rings is 1. The molecule has 0 aliphatic rings. The van der Waals surface area contributed by atoms with Crippen molar-refractivity contribution in [3.05, 3.63) is 57.3 Å². The average molecular weight is 367 g/mol. The van der Waals surface area contributed by atoms with Crippen LogP contribution in [0.25, 0.3) is 10.2 Å². The van der Waals surface area contributed by atoms with E-state index in [-0.39, 0.29) is 4.90 Å². The number of sulfonamides is 1. The summed E-state index contributed by atoms with van der Waals surface area (Å²) in [6.45, 7) is 4.07. The Hall–Kier alpha value is -1.63. The van der Waals surface area contributed by atoms with Crippen LogP contribution in [0.1, 0.15) is 11.1 Å². The number of fused-ring (bicyclic) bond motifs is 1. The fraction of sp³-hybridized carbons (Fsp3) is 0.188. The summed E-state index contributed by atoms with van der Waals surface area (Å²) in [6, 6.07) is 10.1. The predicted octanol–water partition coefficient (Wildman–Crippen LogP) is 3.80. The van der Waals surface area contributed by atoms with Crippen LogP contribution in [0, 0.1) is 13.8 Å². The molecule has 0 amide bonds. The lowest BCUT2D eigenvalue weighted by Gasteiger charge is -2.01. The van der Waals surface area contributed by atoms with Crippen LogP contribution in [-0.4, -0.2) is 13.0 Å². The molecule has 23 heavy (non-hydrogen) atoms. The largest absolute Gasteiger partial charge is 0.319 e. The maximum absolute atomic E-state index is 12.5. The third kappa shape index (κ3) is 3.06. The van der Waals surface area contributed by atoms with Gasteiger partial charge in [-0.3, -0.25) is 0 Å². The second-order valence-corrected chi connectivity index (χ2v) is 8.42. The van der Waals surface area contributed by atoms with Gasteiger partial charge in [0, 0.05) is 12.1 Å². The smallest absolute Gasteiger partial charge is 0.285 e. The number of aryl methyl sites for hydroxylation is 3. The number of hydrogen-bond donors (Lipinski definition) is 0. The Balaban J connectivity index is 2.21. The highest BCUT2D eigenvalue weighted by Crippen LogP contribution is 2.22. The molecule has 0 fully saturated rings.